The van der Waals surface area contributed by atoms with Crippen LogP contribution in [-0.4, -0.2) is 33.7 Å². The number of nitrogens with one attached hydrogen (secondary N) is 1. The van der Waals surface area contributed by atoms with Crippen LogP contribution in [0.1, 0.15) is 42.2 Å². The molecule has 0 spiro atoms. The first-order valence-electron chi connectivity index (χ1n) is 8.00. The van der Waals surface area contributed by atoms with Crippen LogP contribution in [0.5, 0.6) is 0 Å². The Kier molecular flexibility index (Phi) is 6.42. The molecular formula is C18H22N4O2. The molecule has 24 heavy (non-hydrogen) atoms. The molecule has 0 radical (unpaired) electrons. The van der Waals surface area contributed by atoms with Crippen molar-refractivity contribution in [2.75, 3.05) is 12.4 Å². The van der Waals surface area contributed by atoms with Crippen molar-refractivity contribution in [3.8, 4) is 0 Å². The fourth-order valence-electron chi connectivity index (χ4n) is 2.24. The Morgan fingerprint density at radius 1 is 1.25 bits per heavy atom. The number of anilines is 1. The van der Waals surface area contributed by atoms with Gasteiger partial charge < -0.3 is 10.2 Å². The minimum atomic E-state index is -0.127. The van der Waals surface area contributed by atoms with Crippen LogP contribution in [0.15, 0.2) is 42.9 Å². The molecule has 6 heteroatoms. The minimum absolute atomic E-state index is 0.0317. The van der Waals surface area contributed by atoms with Crippen LogP contribution in [0.25, 0.3) is 0 Å². The normalized spacial score (nSPS) is 10.2. The maximum atomic E-state index is 12.5. The van der Waals surface area contributed by atoms with Gasteiger partial charge in [-0.05, 0) is 30.7 Å². The number of aromatic nitrogens is 2. The maximum absolute atomic E-state index is 12.5. The summed E-state index contributed by atoms with van der Waals surface area (Å²) >= 11 is 0. The summed E-state index contributed by atoms with van der Waals surface area (Å²) in [6, 6.07) is 8.75. The molecule has 0 aliphatic carbocycles. The third-order valence-corrected chi connectivity index (χ3v) is 3.54. The van der Waals surface area contributed by atoms with Crippen LogP contribution < -0.4 is 5.32 Å². The molecule has 1 aromatic carbocycles. The number of benzene rings is 1. The number of hydrogen-bond acceptors (Lipinski definition) is 4. The molecule has 0 aliphatic heterocycles. The Labute approximate surface area is 141 Å². The number of carbonyl (C=O) groups excluding carboxylic acids is 2. The molecule has 1 heterocycles. The Morgan fingerprint density at radius 2 is 2.08 bits per heavy atom. The van der Waals surface area contributed by atoms with Crippen molar-refractivity contribution in [2.24, 2.45) is 0 Å². The van der Waals surface area contributed by atoms with Crippen molar-refractivity contribution in [3.63, 3.8) is 0 Å². The predicted molar refractivity (Wildman–Crippen MR) is 92.4 cm³/mol. The van der Waals surface area contributed by atoms with Gasteiger partial charge in [0, 0.05) is 30.9 Å². The highest BCUT2D eigenvalue weighted by molar-refractivity contribution is 5.97. The Hall–Kier alpha value is -2.76. The van der Waals surface area contributed by atoms with E-state index in [4.69, 9.17) is 0 Å². The Morgan fingerprint density at radius 3 is 2.79 bits per heavy atom. The molecule has 0 bridgehead atoms. The predicted octanol–water partition coefficient (Wildman–Crippen LogP) is 2.88. The molecular weight excluding hydrogens is 304 g/mol. The van der Waals surface area contributed by atoms with Gasteiger partial charge in [0.2, 0.25) is 5.91 Å². The SMILES string of the molecule is CCCCC(=O)Nc1cccc(C(=O)N(C)Cc2ccncn2)c1. The van der Waals surface area contributed by atoms with E-state index in [0.717, 1.165) is 18.5 Å². The van der Waals surface area contributed by atoms with Crippen molar-refractivity contribution in [3.05, 3.63) is 54.1 Å². The van der Waals surface area contributed by atoms with Gasteiger partial charge in [0.05, 0.1) is 12.2 Å². The highest BCUT2D eigenvalue weighted by Crippen LogP contribution is 2.14. The third-order valence-electron chi connectivity index (χ3n) is 3.54. The smallest absolute Gasteiger partial charge is 0.254 e. The second kappa shape index (κ2) is 8.76. The molecule has 0 aliphatic rings. The van der Waals surface area contributed by atoms with Crippen molar-refractivity contribution in [2.45, 2.75) is 32.7 Å². The van der Waals surface area contributed by atoms with Crippen LogP contribution in [0.4, 0.5) is 5.69 Å². The van der Waals surface area contributed by atoms with Gasteiger partial charge in [-0.3, -0.25) is 9.59 Å². The fourth-order valence-corrected chi connectivity index (χ4v) is 2.24. The zero-order valence-electron chi connectivity index (χ0n) is 14.0. The molecule has 0 saturated heterocycles. The van der Waals surface area contributed by atoms with Crippen molar-refractivity contribution >= 4 is 17.5 Å². The quantitative estimate of drug-likeness (QED) is 0.849. The average Bonchev–Trinajstić information content (AvgIpc) is 2.60. The highest BCUT2D eigenvalue weighted by atomic mass is 16.2. The molecule has 0 unspecified atom stereocenters. The molecule has 0 saturated carbocycles. The lowest BCUT2D eigenvalue weighted by Gasteiger charge is -2.17. The van der Waals surface area contributed by atoms with Crippen LogP contribution in [-0.2, 0) is 11.3 Å². The van der Waals surface area contributed by atoms with Crippen molar-refractivity contribution in [1.82, 2.24) is 14.9 Å². The second-order valence-corrected chi connectivity index (χ2v) is 5.59. The van der Waals surface area contributed by atoms with Gasteiger partial charge >= 0.3 is 0 Å². The van der Waals surface area contributed by atoms with Crippen LogP contribution in [0.2, 0.25) is 0 Å². The first-order valence-corrected chi connectivity index (χ1v) is 8.00. The van der Waals surface area contributed by atoms with E-state index in [1.165, 1.54) is 6.33 Å². The third kappa shape index (κ3) is 5.15. The number of unbranched alkanes of at least 4 members (excludes halogenated alkanes) is 1. The summed E-state index contributed by atoms with van der Waals surface area (Å²) in [6.07, 6.45) is 5.42. The summed E-state index contributed by atoms with van der Waals surface area (Å²) in [7, 11) is 1.72. The summed E-state index contributed by atoms with van der Waals surface area (Å²) in [4.78, 5) is 33.9. The lowest BCUT2D eigenvalue weighted by molar-refractivity contribution is -0.116. The lowest BCUT2D eigenvalue weighted by Crippen LogP contribution is -2.26. The number of rotatable bonds is 7. The van der Waals surface area contributed by atoms with Gasteiger partial charge in [-0.15, -0.1) is 0 Å². The number of amides is 2. The number of hydrogen-bond donors (Lipinski definition) is 1. The van der Waals surface area contributed by atoms with E-state index in [1.807, 2.05) is 6.92 Å². The number of nitrogens with zero attached hydrogens (tertiary/aromatic N) is 3. The summed E-state index contributed by atoms with van der Waals surface area (Å²) in [5.41, 5.74) is 1.93. The fraction of sp³-hybridized carbons (Fsp3) is 0.333. The summed E-state index contributed by atoms with van der Waals surface area (Å²) < 4.78 is 0. The second-order valence-electron chi connectivity index (χ2n) is 5.59. The van der Waals surface area contributed by atoms with Gasteiger partial charge in [-0.2, -0.15) is 0 Å². The standard InChI is InChI=1S/C18H22N4O2/c1-3-4-8-17(23)21-15-7-5-6-14(11-15)18(24)22(2)12-16-9-10-19-13-20-16/h5-7,9-11,13H,3-4,8,12H2,1-2H3,(H,21,23). The molecule has 6 nitrogen and oxygen atoms in total. The van der Waals surface area contributed by atoms with E-state index in [0.29, 0.717) is 24.2 Å². The molecule has 1 aromatic heterocycles. The molecule has 2 amide bonds. The van der Waals surface area contributed by atoms with E-state index in [-0.39, 0.29) is 11.8 Å². The lowest BCUT2D eigenvalue weighted by atomic mass is 10.1. The van der Waals surface area contributed by atoms with Gasteiger partial charge in [0.1, 0.15) is 6.33 Å². The van der Waals surface area contributed by atoms with Gasteiger partial charge in [0.15, 0.2) is 0 Å². The molecule has 126 valence electrons. The minimum Gasteiger partial charge on any atom is -0.336 e. The Balaban J connectivity index is 2.01. The molecule has 1 N–H and O–H groups in total. The van der Waals surface area contributed by atoms with Gasteiger partial charge in [-0.25, -0.2) is 9.97 Å². The molecule has 2 rings (SSSR count). The highest BCUT2D eigenvalue weighted by Gasteiger charge is 2.13. The first-order chi connectivity index (χ1) is 11.6. The summed E-state index contributed by atoms with van der Waals surface area (Å²) in [5, 5.41) is 2.83. The van der Waals surface area contributed by atoms with Crippen molar-refractivity contribution < 1.29 is 9.59 Å². The van der Waals surface area contributed by atoms with E-state index >= 15 is 0 Å². The van der Waals surface area contributed by atoms with Crippen LogP contribution in [0.3, 0.4) is 0 Å². The maximum Gasteiger partial charge on any atom is 0.254 e. The van der Waals surface area contributed by atoms with E-state index in [9.17, 15) is 9.59 Å². The molecule has 0 atom stereocenters. The summed E-state index contributed by atoms with van der Waals surface area (Å²) in [5.74, 6) is -0.158. The monoisotopic (exact) mass is 326 g/mol. The topological polar surface area (TPSA) is 75.2 Å². The summed E-state index contributed by atoms with van der Waals surface area (Å²) in [6.45, 7) is 2.44. The van der Waals surface area contributed by atoms with Gasteiger partial charge in [-0.1, -0.05) is 19.4 Å². The van der Waals surface area contributed by atoms with Crippen LogP contribution >= 0.6 is 0 Å². The molecule has 0 fully saturated rings. The van der Waals surface area contributed by atoms with E-state index in [1.54, 1.807) is 48.5 Å². The van der Waals surface area contributed by atoms with E-state index in [2.05, 4.69) is 15.3 Å². The molecule has 2 aromatic rings. The zero-order chi connectivity index (χ0) is 17.4. The average molecular weight is 326 g/mol. The van der Waals surface area contributed by atoms with Crippen LogP contribution in [0, 0.1) is 0 Å². The first kappa shape index (κ1) is 17.6. The van der Waals surface area contributed by atoms with Gasteiger partial charge in [0.25, 0.3) is 5.91 Å². The van der Waals surface area contributed by atoms with Crippen molar-refractivity contribution in [1.29, 1.82) is 0 Å². The Bertz CT molecular complexity index is 688. The zero-order valence-corrected chi connectivity index (χ0v) is 14.0. The largest absolute Gasteiger partial charge is 0.336 e. The number of carbonyl (C=O) groups is 2. The van der Waals surface area contributed by atoms with E-state index < -0.39 is 0 Å².